The molecule has 27 heavy (non-hydrogen) atoms. The smallest absolute Gasteiger partial charge is 0.387 e. The highest BCUT2D eigenvalue weighted by Crippen LogP contribution is 2.43. The molecule has 1 saturated carbocycles. The van der Waals surface area contributed by atoms with Crippen LogP contribution >= 0.6 is 0 Å². The van der Waals surface area contributed by atoms with Crippen LogP contribution < -0.4 is 15.0 Å². The van der Waals surface area contributed by atoms with Crippen LogP contribution in [0.3, 0.4) is 0 Å². The van der Waals surface area contributed by atoms with Crippen molar-refractivity contribution in [1.82, 2.24) is 15.0 Å². The Kier molecular flexibility index (Phi) is 4.16. The van der Waals surface area contributed by atoms with Crippen molar-refractivity contribution in [2.75, 3.05) is 10.2 Å². The second-order valence-electron chi connectivity index (χ2n) is 7.25. The maximum Gasteiger partial charge on any atom is 0.387 e. The summed E-state index contributed by atoms with van der Waals surface area (Å²) in [7, 11) is 0. The Bertz CT molecular complexity index is 853. The highest BCUT2D eigenvalue weighted by molar-refractivity contribution is 6.06. The number of rotatable bonds is 5. The summed E-state index contributed by atoms with van der Waals surface area (Å²) in [6.45, 7) is 0.861. The number of nitrogens with one attached hydrogen (secondary N) is 1. The maximum absolute atomic E-state index is 12.8. The minimum atomic E-state index is -2.87. The van der Waals surface area contributed by atoms with E-state index in [1.807, 2.05) is 13.8 Å². The molecule has 1 N–H and O–H groups in total. The normalized spacial score (nSPS) is 23.1. The molecule has 3 heterocycles. The van der Waals surface area contributed by atoms with Gasteiger partial charge >= 0.3 is 6.61 Å². The zero-order chi connectivity index (χ0) is 19.2. The van der Waals surface area contributed by atoms with Crippen molar-refractivity contribution in [3.8, 4) is 5.75 Å². The van der Waals surface area contributed by atoms with Crippen molar-refractivity contribution in [3.05, 3.63) is 36.4 Å². The van der Waals surface area contributed by atoms with Crippen LogP contribution in [0.4, 0.5) is 20.4 Å². The first-order chi connectivity index (χ1) is 12.9. The number of fused-ring (bicyclic) bond motifs is 1. The zero-order valence-corrected chi connectivity index (χ0v) is 14.9. The summed E-state index contributed by atoms with van der Waals surface area (Å²) in [5.41, 5.74) is 0.0344. The van der Waals surface area contributed by atoms with Crippen LogP contribution in [-0.4, -0.2) is 39.6 Å². The van der Waals surface area contributed by atoms with Gasteiger partial charge in [-0.15, -0.1) is 0 Å². The third kappa shape index (κ3) is 3.07. The first-order valence-electron chi connectivity index (χ1n) is 8.69. The van der Waals surface area contributed by atoms with Crippen molar-refractivity contribution < 1.29 is 18.3 Å². The van der Waals surface area contributed by atoms with Gasteiger partial charge in [0, 0.05) is 24.5 Å². The van der Waals surface area contributed by atoms with Gasteiger partial charge in [-0.2, -0.15) is 8.78 Å². The van der Waals surface area contributed by atoms with E-state index in [4.69, 9.17) is 0 Å². The SMILES string of the molecule is CC1(C)C(=O)N(C2CC(Nc3ccc(OC(F)F)cn3)C2)c2nccnc21. The Labute approximate surface area is 154 Å². The molecule has 0 spiro atoms. The Morgan fingerprint density at radius 1 is 1.22 bits per heavy atom. The van der Waals surface area contributed by atoms with Crippen LogP contribution in [0.15, 0.2) is 30.7 Å². The molecular formula is C18H19F2N5O2. The molecule has 0 atom stereocenters. The van der Waals surface area contributed by atoms with E-state index in [1.54, 1.807) is 23.4 Å². The van der Waals surface area contributed by atoms with Gasteiger partial charge in [-0.05, 0) is 38.8 Å². The summed E-state index contributed by atoms with van der Waals surface area (Å²) >= 11 is 0. The average molecular weight is 375 g/mol. The van der Waals surface area contributed by atoms with E-state index in [2.05, 4.69) is 25.0 Å². The van der Waals surface area contributed by atoms with E-state index < -0.39 is 12.0 Å². The average Bonchev–Trinajstić information content (AvgIpc) is 2.79. The molecule has 9 heteroatoms. The van der Waals surface area contributed by atoms with Gasteiger partial charge in [0.05, 0.1) is 17.3 Å². The van der Waals surface area contributed by atoms with Gasteiger partial charge in [-0.25, -0.2) is 9.97 Å². The van der Waals surface area contributed by atoms with Gasteiger partial charge in [-0.1, -0.05) is 0 Å². The molecular weight excluding hydrogens is 356 g/mol. The molecule has 2 aromatic heterocycles. The van der Waals surface area contributed by atoms with E-state index >= 15 is 0 Å². The fraction of sp³-hybridized carbons (Fsp3) is 0.444. The first-order valence-corrected chi connectivity index (χ1v) is 8.69. The molecule has 0 unspecified atom stereocenters. The van der Waals surface area contributed by atoms with Crippen molar-refractivity contribution >= 4 is 17.5 Å². The number of aromatic nitrogens is 3. The number of ether oxygens (including phenoxy) is 1. The molecule has 1 amide bonds. The van der Waals surface area contributed by atoms with Crippen LogP contribution in [0.5, 0.6) is 5.75 Å². The molecule has 0 aromatic carbocycles. The van der Waals surface area contributed by atoms with E-state index in [1.165, 1.54) is 12.3 Å². The van der Waals surface area contributed by atoms with E-state index in [0.29, 0.717) is 17.3 Å². The second kappa shape index (κ2) is 6.40. The van der Waals surface area contributed by atoms with Crippen molar-refractivity contribution in [2.24, 2.45) is 0 Å². The fourth-order valence-electron chi connectivity index (χ4n) is 3.55. The summed E-state index contributed by atoms with van der Waals surface area (Å²) in [6, 6.07) is 3.22. The van der Waals surface area contributed by atoms with Crippen LogP contribution in [0, 0.1) is 0 Å². The molecule has 7 nitrogen and oxygen atoms in total. The van der Waals surface area contributed by atoms with Crippen LogP contribution in [0.2, 0.25) is 0 Å². The number of amides is 1. The quantitative estimate of drug-likeness (QED) is 0.866. The van der Waals surface area contributed by atoms with Crippen molar-refractivity contribution in [2.45, 2.75) is 50.8 Å². The molecule has 0 bridgehead atoms. The topological polar surface area (TPSA) is 80.2 Å². The minimum Gasteiger partial charge on any atom is -0.433 e. The summed E-state index contributed by atoms with van der Waals surface area (Å²) in [6.07, 6.45) is 5.95. The highest BCUT2D eigenvalue weighted by atomic mass is 19.3. The van der Waals surface area contributed by atoms with Gasteiger partial charge in [-0.3, -0.25) is 14.7 Å². The third-order valence-corrected chi connectivity index (χ3v) is 5.04. The molecule has 1 aliphatic carbocycles. The largest absolute Gasteiger partial charge is 0.433 e. The lowest BCUT2D eigenvalue weighted by atomic mass is 9.84. The number of anilines is 2. The summed E-state index contributed by atoms with van der Waals surface area (Å²) in [5, 5.41) is 3.24. The predicted octanol–water partition coefficient (Wildman–Crippen LogP) is 2.74. The van der Waals surface area contributed by atoms with Crippen LogP contribution in [-0.2, 0) is 10.2 Å². The van der Waals surface area contributed by atoms with Gasteiger partial charge < -0.3 is 10.1 Å². The number of carbonyl (C=O) groups is 1. The Hall–Kier alpha value is -2.84. The lowest BCUT2D eigenvalue weighted by Crippen LogP contribution is -2.53. The Morgan fingerprint density at radius 3 is 2.63 bits per heavy atom. The Morgan fingerprint density at radius 2 is 1.96 bits per heavy atom. The summed E-state index contributed by atoms with van der Waals surface area (Å²) < 4.78 is 28.6. The molecule has 2 aliphatic rings. The minimum absolute atomic E-state index is 0.0128. The summed E-state index contributed by atoms with van der Waals surface area (Å²) in [4.78, 5) is 27.4. The monoisotopic (exact) mass is 375 g/mol. The lowest BCUT2D eigenvalue weighted by Gasteiger charge is -2.41. The number of carbonyl (C=O) groups excluding carboxylic acids is 1. The molecule has 0 radical (unpaired) electrons. The number of halogens is 2. The van der Waals surface area contributed by atoms with Crippen molar-refractivity contribution in [1.29, 1.82) is 0 Å². The number of alkyl halides is 2. The maximum atomic E-state index is 12.8. The van der Waals surface area contributed by atoms with Gasteiger partial charge in [0.25, 0.3) is 0 Å². The molecule has 2 aromatic rings. The highest BCUT2D eigenvalue weighted by Gasteiger charge is 2.51. The molecule has 4 rings (SSSR count). The van der Waals surface area contributed by atoms with E-state index in [-0.39, 0.29) is 23.7 Å². The van der Waals surface area contributed by atoms with E-state index in [0.717, 1.165) is 12.8 Å². The number of nitrogens with zero attached hydrogens (tertiary/aromatic N) is 4. The van der Waals surface area contributed by atoms with Gasteiger partial charge in [0.1, 0.15) is 11.6 Å². The molecule has 1 aliphatic heterocycles. The number of pyridine rings is 1. The van der Waals surface area contributed by atoms with Crippen LogP contribution in [0.25, 0.3) is 0 Å². The number of hydrogen-bond donors (Lipinski definition) is 1. The molecule has 0 saturated heterocycles. The third-order valence-electron chi connectivity index (χ3n) is 5.04. The van der Waals surface area contributed by atoms with Crippen LogP contribution in [0.1, 0.15) is 32.4 Å². The van der Waals surface area contributed by atoms with E-state index in [9.17, 15) is 13.6 Å². The Balaban J connectivity index is 1.39. The second-order valence-corrected chi connectivity index (χ2v) is 7.25. The lowest BCUT2D eigenvalue weighted by molar-refractivity contribution is -0.123. The van der Waals surface area contributed by atoms with Gasteiger partial charge in [0.2, 0.25) is 5.91 Å². The number of hydrogen-bond acceptors (Lipinski definition) is 6. The van der Waals surface area contributed by atoms with Gasteiger partial charge in [0.15, 0.2) is 5.82 Å². The summed E-state index contributed by atoms with van der Waals surface area (Å²) in [5.74, 6) is 1.25. The molecule has 142 valence electrons. The fourth-order valence-corrected chi connectivity index (χ4v) is 3.55. The standard InChI is InChI=1S/C18H19F2N5O2/c1-18(2)14-15(22-6-5-21-14)25(16(18)26)11-7-10(8-11)24-13-4-3-12(9-23-13)27-17(19)20/h3-6,9-11,17H,7-8H2,1-2H3,(H,23,24). The zero-order valence-electron chi connectivity index (χ0n) is 14.9. The predicted molar refractivity (Wildman–Crippen MR) is 93.8 cm³/mol. The van der Waals surface area contributed by atoms with Crippen molar-refractivity contribution in [3.63, 3.8) is 0 Å². The first kappa shape index (κ1) is 17.6. The molecule has 1 fully saturated rings.